The molecule has 104 valence electrons. The Morgan fingerprint density at radius 3 is 2.35 bits per heavy atom. The summed E-state index contributed by atoms with van der Waals surface area (Å²) in [5, 5.41) is 19.9. The second-order valence-electron chi connectivity index (χ2n) is 4.57. The molecule has 0 saturated carbocycles. The zero-order chi connectivity index (χ0) is 14.7. The van der Waals surface area contributed by atoms with E-state index < -0.39 is 4.92 Å². The van der Waals surface area contributed by atoms with Crippen molar-refractivity contribution in [3.05, 3.63) is 63.2 Å². The number of aliphatic hydroxyl groups is 1. The van der Waals surface area contributed by atoms with Gasteiger partial charge in [0, 0.05) is 5.56 Å². The number of benzene rings is 2. The molecule has 0 fully saturated rings. The van der Waals surface area contributed by atoms with E-state index >= 15 is 0 Å². The third kappa shape index (κ3) is 2.95. The van der Waals surface area contributed by atoms with Crippen LogP contribution in [0.2, 0.25) is 0 Å². The smallest absolute Gasteiger partial charge is 0.276 e. The van der Waals surface area contributed by atoms with Gasteiger partial charge >= 0.3 is 0 Å². The van der Waals surface area contributed by atoms with Crippen molar-refractivity contribution >= 4 is 5.69 Å². The molecule has 0 heterocycles. The molecule has 0 aromatic heterocycles. The lowest BCUT2D eigenvalue weighted by atomic mass is 10.1. The molecule has 0 radical (unpaired) electrons. The molecule has 0 amide bonds. The Kier molecular flexibility index (Phi) is 4.00. The molecule has 0 aliphatic heterocycles. The van der Waals surface area contributed by atoms with Crippen molar-refractivity contribution in [1.29, 1.82) is 0 Å². The highest BCUT2D eigenvalue weighted by atomic mass is 16.6. The van der Waals surface area contributed by atoms with Crippen LogP contribution in [0.3, 0.4) is 0 Å². The Labute approximate surface area is 116 Å². The van der Waals surface area contributed by atoms with Crippen molar-refractivity contribution in [1.82, 2.24) is 0 Å². The van der Waals surface area contributed by atoms with Crippen molar-refractivity contribution < 1.29 is 14.8 Å². The summed E-state index contributed by atoms with van der Waals surface area (Å²) in [5.74, 6) is 1.03. The molecule has 5 nitrogen and oxygen atoms in total. The van der Waals surface area contributed by atoms with Crippen LogP contribution in [0, 0.1) is 24.0 Å². The first-order chi connectivity index (χ1) is 9.51. The summed E-state index contributed by atoms with van der Waals surface area (Å²) in [4.78, 5) is 10.5. The molecule has 0 atom stereocenters. The van der Waals surface area contributed by atoms with Gasteiger partial charge in [0.05, 0.1) is 17.6 Å². The zero-order valence-corrected chi connectivity index (χ0v) is 11.3. The van der Waals surface area contributed by atoms with Crippen LogP contribution in [0.15, 0.2) is 36.4 Å². The number of hydrogen-bond acceptors (Lipinski definition) is 4. The normalized spacial score (nSPS) is 10.3. The molecular weight excluding hydrogens is 258 g/mol. The van der Waals surface area contributed by atoms with Gasteiger partial charge in [-0.25, -0.2) is 0 Å². The highest BCUT2D eigenvalue weighted by Crippen LogP contribution is 2.31. The first kappa shape index (κ1) is 14.0. The fraction of sp³-hybridized carbons (Fsp3) is 0.200. The van der Waals surface area contributed by atoms with Crippen LogP contribution in [0.1, 0.15) is 16.7 Å². The number of aryl methyl sites for hydroxylation is 2. The molecule has 2 rings (SSSR count). The van der Waals surface area contributed by atoms with Crippen LogP contribution in [-0.2, 0) is 6.61 Å². The molecule has 2 aromatic rings. The number of nitrogens with zero attached hydrogens (tertiary/aromatic N) is 1. The van der Waals surface area contributed by atoms with Crippen molar-refractivity contribution in [3.63, 3.8) is 0 Å². The van der Waals surface area contributed by atoms with E-state index in [0.29, 0.717) is 17.1 Å². The summed E-state index contributed by atoms with van der Waals surface area (Å²) in [7, 11) is 0. The molecule has 0 saturated heterocycles. The van der Waals surface area contributed by atoms with Gasteiger partial charge in [-0.2, -0.15) is 0 Å². The molecule has 0 bridgehead atoms. The third-order valence-corrected chi connectivity index (χ3v) is 3.02. The van der Waals surface area contributed by atoms with E-state index in [-0.39, 0.29) is 12.3 Å². The fourth-order valence-corrected chi connectivity index (χ4v) is 1.92. The Morgan fingerprint density at radius 2 is 1.80 bits per heavy atom. The summed E-state index contributed by atoms with van der Waals surface area (Å²) < 4.78 is 5.67. The zero-order valence-electron chi connectivity index (χ0n) is 11.3. The monoisotopic (exact) mass is 273 g/mol. The standard InChI is InChI=1S/C15H15NO4/c1-10-7-11(2)15(8-14(10)16(18)19)20-13-5-3-12(9-17)4-6-13/h3-8,17H,9H2,1-2H3. The van der Waals surface area contributed by atoms with Crippen LogP contribution >= 0.6 is 0 Å². The quantitative estimate of drug-likeness (QED) is 0.683. The maximum atomic E-state index is 10.9. The second-order valence-corrected chi connectivity index (χ2v) is 4.57. The second kappa shape index (κ2) is 5.71. The highest BCUT2D eigenvalue weighted by molar-refractivity contribution is 5.51. The Balaban J connectivity index is 2.32. The first-order valence-electron chi connectivity index (χ1n) is 6.14. The summed E-state index contributed by atoms with van der Waals surface area (Å²) in [6.45, 7) is 3.51. The van der Waals surface area contributed by atoms with Crippen LogP contribution in [0.5, 0.6) is 11.5 Å². The third-order valence-electron chi connectivity index (χ3n) is 3.02. The van der Waals surface area contributed by atoms with Gasteiger partial charge in [0.15, 0.2) is 0 Å². The number of ether oxygens (including phenoxy) is 1. The molecular formula is C15H15NO4. The largest absolute Gasteiger partial charge is 0.457 e. The summed E-state index contributed by atoms with van der Waals surface area (Å²) in [6, 6.07) is 10.1. The molecule has 0 aliphatic carbocycles. The minimum absolute atomic E-state index is 0.0324. The minimum Gasteiger partial charge on any atom is -0.457 e. The number of nitro benzene ring substituents is 1. The Hall–Kier alpha value is -2.40. The van der Waals surface area contributed by atoms with Crippen molar-refractivity contribution in [2.24, 2.45) is 0 Å². The van der Waals surface area contributed by atoms with Gasteiger partial charge in [0.1, 0.15) is 11.5 Å². The molecule has 0 unspecified atom stereocenters. The van der Waals surface area contributed by atoms with E-state index in [9.17, 15) is 10.1 Å². The summed E-state index contributed by atoms with van der Waals surface area (Å²) in [6.07, 6.45) is 0. The van der Waals surface area contributed by atoms with E-state index in [1.807, 2.05) is 6.92 Å². The summed E-state index contributed by atoms with van der Waals surface area (Å²) in [5.41, 5.74) is 2.26. The molecule has 5 heteroatoms. The molecule has 20 heavy (non-hydrogen) atoms. The average molecular weight is 273 g/mol. The highest BCUT2D eigenvalue weighted by Gasteiger charge is 2.14. The van der Waals surface area contributed by atoms with Crippen LogP contribution in [0.25, 0.3) is 0 Å². The maximum Gasteiger partial charge on any atom is 0.276 e. The van der Waals surface area contributed by atoms with Crippen LogP contribution in [-0.4, -0.2) is 10.0 Å². The van der Waals surface area contributed by atoms with Gasteiger partial charge in [-0.3, -0.25) is 10.1 Å². The number of hydrogen-bond donors (Lipinski definition) is 1. The van der Waals surface area contributed by atoms with Crippen molar-refractivity contribution in [2.45, 2.75) is 20.5 Å². The van der Waals surface area contributed by atoms with E-state index in [1.54, 1.807) is 37.3 Å². The number of nitro groups is 1. The topological polar surface area (TPSA) is 72.6 Å². The molecule has 0 aliphatic rings. The molecule has 2 aromatic carbocycles. The first-order valence-corrected chi connectivity index (χ1v) is 6.14. The van der Waals surface area contributed by atoms with E-state index in [0.717, 1.165) is 11.1 Å². The van der Waals surface area contributed by atoms with Gasteiger partial charge < -0.3 is 9.84 Å². The van der Waals surface area contributed by atoms with Crippen LogP contribution < -0.4 is 4.74 Å². The number of rotatable bonds is 4. The Bertz CT molecular complexity index is 635. The van der Waals surface area contributed by atoms with Gasteiger partial charge in [0.2, 0.25) is 0 Å². The van der Waals surface area contributed by atoms with E-state index in [4.69, 9.17) is 9.84 Å². The lowest BCUT2D eigenvalue weighted by Crippen LogP contribution is -1.95. The SMILES string of the molecule is Cc1cc(C)c([N+](=O)[O-])cc1Oc1ccc(CO)cc1. The molecule has 1 N–H and O–H groups in total. The van der Waals surface area contributed by atoms with Crippen molar-refractivity contribution in [3.8, 4) is 11.5 Å². The Morgan fingerprint density at radius 1 is 1.15 bits per heavy atom. The number of aliphatic hydroxyl groups excluding tert-OH is 1. The average Bonchev–Trinajstić information content (AvgIpc) is 2.42. The molecule has 0 spiro atoms. The van der Waals surface area contributed by atoms with Crippen LogP contribution in [0.4, 0.5) is 5.69 Å². The predicted molar refractivity (Wildman–Crippen MR) is 75.0 cm³/mol. The van der Waals surface area contributed by atoms with Crippen molar-refractivity contribution in [2.75, 3.05) is 0 Å². The predicted octanol–water partition coefficient (Wildman–Crippen LogP) is 3.50. The van der Waals surface area contributed by atoms with Gasteiger partial charge in [-0.15, -0.1) is 0 Å². The summed E-state index contributed by atoms with van der Waals surface area (Å²) >= 11 is 0. The van der Waals surface area contributed by atoms with Gasteiger partial charge in [-0.1, -0.05) is 12.1 Å². The van der Waals surface area contributed by atoms with E-state index in [1.165, 1.54) is 6.07 Å². The van der Waals surface area contributed by atoms with Gasteiger partial charge in [0.25, 0.3) is 5.69 Å². The lowest BCUT2D eigenvalue weighted by Gasteiger charge is -2.10. The fourth-order valence-electron chi connectivity index (χ4n) is 1.92. The van der Waals surface area contributed by atoms with Gasteiger partial charge in [-0.05, 0) is 43.2 Å². The lowest BCUT2D eigenvalue weighted by molar-refractivity contribution is -0.385. The maximum absolute atomic E-state index is 10.9. The minimum atomic E-state index is -0.420. The van der Waals surface area contributed by atoms with E-state index in [2.05, 4.69) is 0 Å².